The zero-order valence-electron chi connectivity index (χ0n) is 14.6. The molecule has 0 radical (unpaired) electrons. The lowest BCUT2D eigenvalue weighted by atomic mass is 9.80. The lowest BCUT2D eigenvalue weighted by Gasteiger charge is -2.41. The molecule has 5 heteroatoms. The summed E-state index contributed by atoms with van der Waals surface area (Å²) in [7, 11) is -1.17. The molecule has 2 heterocycles. The van der Waals surface area contributed by atoms with Crippen molar-refractivity contribution in [2.24, 2.45) is 11.7 Å². The first kappa shape index (κ1) is 17.9. The standard InChI is InChI=1S/C19H31BN2O2/c21-19(8-4-5-11-20(23)24)16-12-17-9-10-18(13-16)22(17)14-15-6-2-1-3-7-15/h1-3,6-7,16-19,23-24H,4-5,8-14,21H2. The van der Waals surface area contributed by atoms with E-state index in [2.05, 4.69) is 35.2 Å². The van der Waals surface area contributed by atoms with Gasteiger partial charge in [0.15, 0.2) is 0 Å². The molecule has 0 saturated carbocycles. The largest absolute Gasteiger partial charge is 0.451 e. The topological polar surface area (TPSA) is 69.7 Å². The first-order valence-corrected chi connectivity index (χ1v) is 9.55. The van der Waals surface area contributed by atoms with Crippen LogP contribution in [0.1, 0.15) is 50.5 Å². The van der Waals surface area contributed by atoms with Gasteiger partial charge < -0.3 is 15.8 Å². The Balaban J connectivity index is 1.48. The Hall–Kier alpha value is -0.875. The first-order chi connectivity index (χ1) is 11.6. The summed E-state index contributed by atoms with van der Waals surface area (Å²) in [6, 6.07) is 12.5. The van der Waals surface area contributed by atoms with Gasteiger partial charge in [0, 0.05) is 24.7 Å². The third kappa shape index (κ3) is 4.60. The van der Waals surface area contributed by atoms with Gasteiger partial charge in [-0.3, -0.25) is 4.90 Å². The number of nitrogens with two attached hydrogens (primary N) is 1. The van der Waals surface area contributed by atoms with Crippen molar-refractivity contribution in [2.75, 3.05) is 0 Å². The number of piperidine rings is 1. The van der Waals surface area contributed by atoms with Gasteiger partial charge in [0.05, 0.1) is 0 Å². The average molecular weight is 330 g/mol. The summed E-state index contributed by atoms with van der Waals surface area (Å²) in [5, 5.41) is 17.8. The van der Waals surface area contributed by atoms with Crippen LogP contribution in [0.4, 0.5) is 0 Å². The van der Waals surface area contributed by atoms with E-state index in [0.717, 1.165) is 25.8 Å². The molecular formula is C19H31BN2O2. The van der Waals surface area contributed by atoms with Crippen LogP contribution < -0.4 is 5.73 Å². The SMILES string of the molecule is NC(CCCCB(O)O)C1CC2CCC(C1)N2Cc1ccccc1. The minimum atomic E-state index is -1.17. The van der Waals surface area contributed by atoms with E-state index in [1.54, 1.807) is 0 Å². The summed E-state index contributed by atoms with van der Waals surface area (Å²) >= 11 is 0. The second kappa shape index (κ2) is 8.48. The van der Waals surface area contributed by atoms with Gasteiger partial charge >= 0.3 is 7.12 Å². The third-order valence-electron chi connectivity index (χ3n) is 5.98. The van der Waals surface area contributed by atoms with E-state index in [1.165, 1.54) is 31.2 Å². The molecule has 0 aliphatic carbocycles. The molecule has 3 atom stereocenters. The Bertz CT molecular complexity index is 485. The van der Waals surface area contributed by atoms with Crippen molar-refractivity contribution in [1.29, 1.82) is 0 Å². The maximum atomic E-state index is 8.91. The quantitative estimate of drug-likeness (QED) is 0.506. The highest BCUT2D eigenvalue weighted by atomic mass is 16.4. The highest BCUT2D eigenvalue weighted by Gasteiger charge is 2.41. The average Bonchev–Trinajstić information content (AvgIpc) is 2.81. The van der Waals surface area contributed by atoms with E-state index in [-0.39, 0.29) is 6.04 Å². The van der Waals surface area contributed by atoms with Crippen molar-refractivity contribution in [3.63, 3.8) is 0 Å². The van der Waals surface area contributed by atoms with E-state index >= 15 is 0 Å². The number of hydrogen-bond donors (Lipinski definition) is 3. The first-order valence-electron chi connectivity index (χ1n) is 9.55. The Kier molecular flexibility index (Phi) is 6.34. The molecule has 2 fully saturated rings. The zero-order chi connectivity index (χ0) is 16.9. The molecule has 3 unspecified atom stereocenters. The molecule has 2 saturated heterocycles. The predicted molar refractivity (Wildman–Crippen MR) is 98.3 cm³/mol. The second-order valence-electron chi connectivity index (χ2n) is 7.70. The zero-order valence-corrected chi connectivity index (χ0v) is 14.6. The molecule has 2 bridgehead atoms. The van der Waals surface area contributed by atoms with E-state index < -0.39 is 7.12 Å². The van der Waals surface area contributed by atoms with Crippen molar-refractivity contribution >= 4 is 7.12 Å². The number of benzene rings is 1. The lowest BCUT2D eigenvalue weighted by Crippen LogP contribution is -2.46. The Labute approximate surface area is 146 Å². The van der Waals surface area contributed by atoms with Gasteiger partial charge in [-0.2, -0.15) is 0 Å². The van der Waals surface area contributed by atoms with Gasteiger partial charge in [-0.15, -0.1) is 0 Å². The van der Waals surface area contributed by atoms with E-state index in [9.17, 15) is 0 Å². The van der Waals surface area contributed by atoms with Gasteiger partial charge in [-0.1, -0.05) is 43.2 Å². The molecule has 4 N–H and O–H groups in total. The van der Waals surface area contributed by atoms with Gasteiger partial charge in [-0.25, -0.2) is 0 Å². The van der Waals surface area contributed by atoms with Crippen molar-refractivity contribution in [1.82, 2.24) is 4.90 Å². The maximum absolute atomic E-state index is 8.91. The molecule has 0 spiro atoms. The molecule has 4 nitrogen and oxygen atoms in total. The van der Waals surface area contributed by atoms with Gasteiger partial charge in [-0.05, 0) is 49.9 Å². The lowest BCUT2D eigenvalue weighted by molar-refractivity contribution is 0.0845. The summed E-state index contributed by atoms with van der Waals surface area (Å²) in [5.41, 5.74) is 7.89. The highest BCUT2D eigenvalue weighted by Crippen LogP contribution is 2.41. The smallest absolute Gasteiger partial charge is 0.427 e. The monoisotopic (exact) mass is 330 g/mol. The van der Waals surface area contributed by atoms with E-state index in [1.807, 2.05) is 0 Å². The molecule has 1 aromatic carbocycles. The van der Waals surface area contributed by atoms with Crippen LogP contribution in [0.2, 0.25) is 6.32 Å². The minimum Gasteiger partial charge on any atom is -0.427 e. The molecule has 3 rings (SSSR count). The van der Waals surface area contributed by atoms with Crippen LogP contribution in [-0.4, -0.2) is 40.2 Å². The number of unbranched alkanes of at least 4 members (excludes halogenated alkanes) is 1. The summed E-state index contributed by atoms with van der Waals surface area (Å²) in [6.45, 7) is 1.08. The normalized spacial score (nSPS) is 28.0. The fraction of sp³-hybridized carbons (Fsp3) is 0.684. The summed E-state index contributed by atoms with van der Waals surface area (Å²) in [5.74, 6) is 0.633. The number of rotatable bonds is 8. The Morgan fingerprint density at radius 1 is 1.08 bits per heavy atom. The van der Waals surface area contributed by atoms with Gasteiger partial charge in [0.2, 0.25) is 0 Å². The molecule has 0 amide bonds. The van der Waals surface area contributed by atoms with Crippen LogP contribution in [0.25, 0.3) is 0 Å². The molecule has 0 aromatic heterocycles. The summed E-state index contributed by atoms with van der Waals surface area (Å²) < 4.78 is 0. The fourth-order valence-electron chi connectivity index (χ4n) is 4.66. The molecule has 1 aromatic rings. The Morgan fingerprint density at radius 3 is 2.38 bits per heavy atom. The summed E-state index contributed by atoms with van der Waals surface area (Å²) in [6.07, 6.45) is 8.42. The molecule has 132 valence electrons. The number of hydrogen-bond acceptors (Lipinski definition) is 4. The second-order valence-corrected chi connectivity index (χ2v) is 7.70. The number of fused-ring (bicyclic) bond motifs is 2. The van der Waals surface area contributed by atoms with Crippen molar-refractivity contribution in [3.8, 4) is 0 Å². The van der Waals surface area contributed by atoms with E-state index in [0.29, 0.717) is 24.3 Å². The maximum Gasteiger partial charge on any atom is 0.451 e. The van der Waals surface area contributed by atoms with Gasteiger partial charge in [0.1, 0.15) is 0 Å². The number of nitrogens with zero attached hydrogens (tertiary/aromatic N) is 1. The molecular weight excluding hydrogens is 299 g/mol. The van der Waals surface area contributed by atoms with Crippen LogP contribution in [0.5, 0.6) is 0 Å². The van der Waals surface area contributed by atoms with Crippen LogP contribution in [0.15, 0.2) is 30.3 Å². The highest BCUT2D eigenvalue weighted by molar-refractivity contribution is 6.40. The molecule has 2 aliphatic rings. The van der Waals surface area contributed by atoms with Crippen LogP contribution in [-0.2, 0) is 6.54 Å². The minimum absolute atomic E-state index is 0.266. The predicted octanol–water partition coefficient (Wildman–Crippen LogP) is 2.40. The summed E-state index contributed by atoms with van der Waals surface area (Å²) in [4.78, 5) is 2.71. The fourth-order valence-corrected chi connectivity index (χ4v) is 4.66. The van der Waals surface area contributed by atoms with Crippen molar-refractivity contribution in [2.45, 2.75) is 75.9 Å². The van der Waals surface area contributed by atoms with Crippen LogP contribution in [0.3, 0.4) is 0 Å². The van der Waals surface area contributed by atoms with Gasteiger partial charge in [0.25, 0.3) is 0 Å². The Morgan fingerprint density at radius 2 is 1.75 bits per heavy atom. The van der Waals surface area contributed by atoms with Crippen LogP contribution >= 0.6 is 0 Å². The molecule has 2 aliphatic heterocycles. The molecule has 24 heavy (non-hydrogen) atoms. The van der Waals surface area contributed by atoms with Crippen molar-refractivity contribution < 1.29 is 10.0 Å². The van der Waals surface area contributed by atoms with E-state index in [4.69, 9.17) is 15.8 Å². The van der Waals surface area contributed by atoms with Crippen LogP contribution in [0, 0.1) is 5.92 Å². The van der Waals surface area contributed by atoms with Crippen molar-refractivity contribution in [3.05, 3.63) is 35.9 Å². The third-order valence-corrected chi connectivity index (χ3v) is 5.98.